The molecular weight excluding hydrogens is 228 g/mol. The highest BCUT2D eigenvalue weighted by Gasteiger charge is 2.08. The highest BCUT2D eigenvalue weighted by molar-refractivity contribution is 5.57. The molecule has 0 saturated carbocycles. The number of nitrogens with two attached hydrogens (primary N) is 1. The second-order valence-electron chi connectivity index (χ2n) is 3.16. The van der Waals surface area contributed by atoms with Crippen molar-refractivity contribution < 1.29 is 8.78 Å². The molecule has 0 atom stereocenters. The Kier molecular flexibility index (Phi) is 3.10. The van der Waals surface area contributed by atoms with Gasteiger partial charge in [-0.3, -0.25) is 4.98 Å². The lowest BCUT2D eigenvalue weighted by molar-refractivity contribution is 0.511. The highest BCUT2D eigenvalue weighted by Crippen LogP contribution is 2.20. The first-order valence-corrected chi connectivity index (χ1v) is 4.70. The Morgan fingerprint density at radius 3 is 2.65 bits per heavy atom. The minimum absolute atomic E-state index is 0.0199. The highest BCUT2D eigenvalue weighted by atomic mass is 19.2. The van der Waals surface area contributed by atoms with Gasteiger partial charge in [-0.25, -0.2) is 19.6 Å². The van der Waals surface area contributed by atoms with Gasteiger partial charge in [0.2, 0.25) is 0 Å². The maximum Gasteiger partial charge on any atom is 0.182 e. The van der Waals surface area contributed by atoms with E-state index in [1.807, 2.05) is 0 Å². The van der Waals surface area contributed by atoms with E-state index in [0.717, 1.165) is 6.07 Å². The van der Waals surface area contributed by atoms with Gasteiger partial charge in [0.05, 0.1) is 18.1 Å². The van der Waals surface area contributed by atoms with Gasteiger partial charge >= 0.3 is 0 Å². The minimum atomic E-state index is -0.972. The van der Waals surface area contributed by atoms with E-state index >= 15 is 0 Å². The third-order valence-electron chi connectivity index (χ3n) is 2.00. The summed E-state index contributed by atoms with van der Waals surface area (Å²) in [4.78, 5) is 7.78. The Morgan fingerprint density at radius 2 is 1.88 bits per heavy atom. The van der Waals surface area contributed by atoms with Crippen LogP contribution in [0.5, 0.6) is 0 Å². The van der Waals surface area contributed by atoms with Crippen LogP contribution in [0.25, 0.3) is 0 Å². The molecule has 2 rings (SSSR count). The first-order chi connectivity index (χ1) is 8.20. The van der Waals surface area contributed by atoms with Gasteiger partial charge in [0.1, 0.15) is 0 Å². The SMILES string of the molecule is NNc1cncc(Nc2cccc(F)c2F)n1. The van der Waals surface area contributed by atoms with E-state index in [9.17, 15) is 8.78 Å². The van der Waals surface area contributed by atoms with Crippen molar-refractivity contribution >= 4 is 17.3 Å². The summed E-state index contributed by atoms with van der Waals surface area (Å²) in [5, 5.41) is 2.60. The van der Waals surface area contributed by atoms with Crippen LogP contribution >= 0.6 is 0 Å². The molecule has 0 amide bonds. The van der Waals surface area contributed by atoms with Gasteiger partial charge in [0, 0.05) is 0 Å². The summed E-state index contributed by atoms with van der Waals surface area (Å²) < 4.78 is 26.3. The molecule has 0 fully saturated rings. The van der Waals surface area contributed by atoms with E-state index in [0.29, 0.717) is 5.82 Å². The van der Waals surface area contributed by atoms with Crippen LogP contribution in [-0.2, 0) is 0 Å². The molecule has 0 spiro atoms. The molecule has 0 bridgehead atoms. The van der Waals surface area contributed by atoms with Crippen molar-refractivity contribution in [2.45, 2.75) is 0 Å². The molecule has 0 radical (unpaired) electrons. The number of anilines is 3. The number of hydrogen-bond donors (Lipinski definition) is 3. The van der Waals surface area contributed by atoms with Crippen molar-refractivity contribution in [3.05, 3.63) is 42.2 Å². The molecule has 88 valence electrons. The van der Waals surface area contributed by atoms with Crippen LogP contribution < -0.4 is 16.6 Å². The summed E-state index contributed by atoms with van der Waals surface area (Å²) in [6, 6.07) is 3.81. The standard InChI is InChI=1S/C10H9F2N5/c11-6-2-1-3-7(10(6)12)15-8-4-14-5-9(16-8)17-13/h1-5H,13H2,(H2,15,16,17). The lowest BCUT2D eigenvalue weighted by atomic mass is 10.3. The molecule has 0 aliphatic carbocycles. The van der Waals surface area contributed by atoms with Gasteiger partial charge in [0.25, 0.3) is 0 Å². The van der Waals surface area contributed by atoms with Gasteiger partial charge < -0.3 is 10.7 Å². The van der Waals surface area contributed by atoms with Gasteiger partial charge in [-0.2, -0.15) is 0 Å². The molecule has 0 saturated heterocycles. The fourth-order valence-corrected chi connectivity index (χ4v) is 1.23. The smallest absolute Gasteiger partial charge is 0.182 e. The largest absolute Gasteiger partial charge is 0.336 e. The van der Waals surface area contributed by atoms with Gasteiger partial charge in [0.15, 0.2) is 23.3 Å². The topological polar surface area (TPSA) is 75.9 Å². The molecule has 2 aromatic rings. The molecule has 1 aromatic carbocycles. The van der Waals surface area contributed by atoms with Crippen molar-refractivity contribution in [3.8, 4) is 0 Å². The van der Waals surface area contributed by atoms with Crippen LogP contribution in [0.3, 0.4) is 0 Å². The Labute approximate surface area is 95.7 Å². The van der Waals surface area contributed by atoms with Crippen LogP contribution in [0, 0.1) is 11.6 Å². The molecule has 1 aromatic heterocycles. The van der Waals surface area contributed by atoms with Gasteiger partial charge in [-0.1, -0.05) is 6.07 Å². The predicted molar refractivity (Wildman–Crippen MR) is 59.5 cm³/mol. The van der Waals surface area contributed by atoms with Crippen LogP contribution in [0.1, 0.15) is 0 Å². The van der Waals surface area contributed by atoms with Crippen molar-refractivity contribution in [1.29, 1.82) is 0 Å². The van der Waals surface area contributed by atoms with E-state index in [1.54, 1.807) is 0 Å². The zero-order valence-corrected chi connectivity index (χ0v) is 8.61. The number of hydrogen-bond acceptors (Lipinski definition) is 5. The second kappa shape index (κ2) is 4.71. The maximum atomic E-state index is 13.3. The summed E-state index contributed by atoms with van der Waals surface area (Å²) in [7, 11) is 0. The van der Waals surface area contributed by atoms with E-state index in [-0.39, 0.29) is 11.5 Å². The summed E-state index contributed by atoms with van der Waals surface area (Å²) >= 11 is 0. The molecule has 0 aliphatic heterocycles. The molecule has 0 aliphatic rings. The summed E-state index contributed by atoms with van der Waals surface area (Å²) in [6.07, 6.45) is 2.76. The van der Waals surface area contributed by atoms with Crippen molar-refractivity contribution in [1.82, 2.24) is 9.97 Å². The van der Waals surface area contributed by atoms with E-state index in [1.165, 1.54) is 24.5 Å². The van der Waals surface area contributed by atoms with E-state index in [2.05, 4.69) is 20.7 Å². The van der Waals surface area contributed by atoms with Crippen molar-refractivity contribution in [3.63, 3.8) is 0 Å². The third-order valence-corrected chi connectivity index (χ3v) is 2.00. The zero-order chi connectivity index (χ0) is 12.3. The summed E-state index contributed by atoms with van der Waals surface area (Å²) in [5.41, 5.74) is 2.28. The van der Waals surface area contributed by atoms with Crippen LogP contribution in [0.15, 0.2) is 30.6 Å². The minimum Gasteiger partial charge on any atom is -0.336 e. The van der Waals surface area contributed by atoms with E-state index in [4.69, 9.17) is 5.84 Å². The fraction of sp³-hybridized carbons (Fsp3) is 0. The molecule has 4 N–H and O–H groups in total. The van der Waals surface area contributed by atoms with Crippen LogP contribution in [0.2, 0.25) is 0 Å². The molecule has 1 heterocycles. The van der Waals surface area contributed by atoms with Crippen LogP contribution in [0.4, 0.5) is 26.1 Å². The normalized spacial score (nSPS) is 10.1. The number of aromatic nitrogens is 2. The average Bonchev–Trinajstić information content (AvgIpc) is 2.35. The zero-order valence-electron chi connectivity index (χ0n) is 8.61. The van der Waals surface area contributed by atoms with Crippen molar-refractivity contribution in [2.75, 3.05) is 10.7 Å². The summed E-state index contributed by atoms with van der Waals surface area (Å²) in [5.74, 6) is 3.81. The number of nitrogen functional groups attached to an aromatic ring is 1. The monoisotopic (exact) mass is 237 g/mol. The quantitative estimate of drug-likeness (QED) is 0.560. The van der Waals surface area contributed by atoms with Gasteiger partial charge in [-0.15, -0.1) is 0 Å². The molecule has 7 heteroatoms. The Hall–Kier alpha value is -2.28. The number of nitrogens with zero attached hydrogens (tertiary/aromatic N) is 2. The van der Waals surface area contributed by atoms with Crippen molar-refractivity contribution in [2.24, 2.45) is 5.84 Å². The fourth-order valence-electron chi connectivity index (χ4n) is 1.23. The number of nitrogens with one attached hydrogen (secondary N) is 2. The maximum absolute atomic E-state index is 13.3. The van der Waals surface area contributed by atoms with Crippen LogP contribution in [-0.4, -0.2) is 9.97 Å². The predicted octanol–water partition coefficient (Wildman–Crippen LogP) is 1.78. The first-order valence-electron chi connectivity index (χ1n) is 4.70. The molecular formula is C10H9F2N5. The molecule has 17 heavy (non-hydrogen) atoms. The Bertz CT molecular complexity index is 532. The summed E-state index contributed by atoms with van der Waals surface area (Å²) in [6.45, 7) is 0. The first kappa shape index (κ1) is 11.2. The van der Waals surface area contributed by atoms with E-state index < -0.39 is 11.6 Å². The Morgan fingerprint density at radius 1 is 1.12 bits per heavy atom. The second-order valence-corrected chi connectivity index (χ2v) is 3.16. The Balaban J connectivity index is 2.28. The molecule has 5 nitrogen and oxygen atoms in total. The van der Waals surface area contributed by atoms with Gasteiger partial charge in [-0.05, 0) is 12.1 Å². The lowest BCUT2D eigenvalue weighted by Gasteiger charge is -2.07. The number of benzene rings is 1. The average molecular weight is 237 g/mol. The lowest BCUT2D eigenvalue weighted by Crippen LogP contribution is -2.09. The number of hydrazine groups is 1. The number of rotatable bonds is 3. The molecule has 0 unspecified atom stereocenters. The number of halogens is 2. The third kappa shape index (κ3) is 2.45.